The molecule has 8 heteroatoms. The summed E-state index contributed by atoms with van der Waals surface area (Å²) >= 11 is 5.85. The lowest BCUT2D eigenvalue weighted by molar-refractivity contribution is 0.0946. The summed E-state index contributed by atoms with van der Waals surface area (Å²) in [6, 6.07) is 11.6. The van der Waals surface area contributed by atoms with E-state index in [2.05, 4.69) is 32.4 Å². The van der Waals surface area contributed by atoms with Crippen molar-refractivity contribution in [2.24, 2.45) is 0 Å². The maximum atomic E-state index is 12.3. The van der Waals surface area contributed by atoms with Gasteiger partial charge in [-0.1, -0.05) is 23.7 Å². The Kier molecular flexibility index (Phi) is 4.73. The number of anilines is 1. The third-order valence-corrected chi connectivity index (χ3v) is 4.49. The molecule has 7 nitrogen and oxygen atoms in total. The molecule has 1 fully saturated rings. The van der Waals surface area contributed by atoms with Crippen LogP contribution in [0.5, 0.6) is 0 Å². The van der Waals surface area contributed by atoms with Crippen molar-refractivity contribution in [3.8, 4) is 0 Å². The van der Waals surface area contributed by atoms with Gasteiger partial charge in [0.05, 0.1) is 19.4 Å². The third-order valence-electron chi connectivity index (χ3n) is 4.29. The predicted molar refractivity (Wildman–Crippen MR) is 98.6 cm³/mol. The molecule has 0 saturated carbocycles. The lowest BCUT2D eigenvalue weighted by Crippen LogP contribution is -2.36. The Morgan fingerprint density at radius 3 is 2.69 bits per heavy atom. The number of carbonyl (C=O) groups is 1. The molecule has 26 heavy (non-hydrogen) atoms. The van der Waals surface area contributed by atoms with Gasteiger partial charge in [0.2, 0.25) is 0 Å². The zero-order chi connectivity index (χ0) is 17.9. The first kappa shape index (κ1) is 16.8. The summed E-state index contributed by atoms with van der Waals surface area (Å²) in [4.78, 5) is 18.9. The number of aromatic nitrogens is 3. The van der Waals surface area contributed by atoms with E-state index in [4.69, 9.17) is 16.3 Å². The van der Waals surface area contributed by atoms with E-state index in [9.17, 15) is 4.79 Å². The van der Waals surface area contributed by atoms with E-state index in [1.165, 1.54) is 10.2 Å². The van der Waals surface area contributed by atoms with Crippen LogP contribution in [-0.4, -0.2) is 46.8 Å². The van der Waals surface area contributed by atoms with Gasteiger partial charge in [0.25, 0.3) is 5.91 Å². The van der Waals surface area contributed by atoms with Crippen LogP contribution in [0.2, 0.25) is 5.15 Å². The third kappa shape index (κ3) is 3.63. The molecule has 0 bridgehead atoms. The van der Waals surface area contributed by atoms with Crippen molar-refractivity contribution in [3.05, 3.63) is 59.0 Å². The van der Waals surface area contributed by atoms with Crippen LogP contribution in [-0.2, 0) is 11.3 Å². The van der Waals surface area contributed by atoms with Crippen LogP contribution < -0.4 is 10.2 Å². The summed E-state index contributed by atoms with van der Waals surface area (Å²) < 4.78 is 6.87. The number of carbonyl (C=O) groups excluding carboxylic acids is 1. The Balaban J connectivity index is 1.38. The molecule has 1 aromatic carbocycles. The molecule has 0 spiro atoms. The highest BCUT2D eigenvalue weighted by molar-refractivity contribution is 6.29. The highest BCUT2D eigenvalue weighted by Crippen LogP contribution is 2.16. The SMILES string of the molecule is O=C(NCc1ccc(N2CCOCC2)cc1)c1cn2nc(Cl)ccc2n1. The van der Waals surface area contributed by atoms with Gasteiger partial charge in [-0.05, 0) is 29.8 Å². The van der Waals surface area contributed by atoms with Gasteiger partial charge in [-0.2, -0.15) is 5.10 Å². The summed E-state index contributed by atoms with van der Waals surface area (Å²) in [7, 11) is 0. The lowest BCUT2D eigenvalue weighted by Gasteiger charge is -2.28. The van der Waals surface area contributed by atoms with Gasteiger partial charge in [-0.3, -0.25) is 4.79 Å². The summed E-state index contributed by atoms with van der Waals surface area (Å²) in [5, 5.41) is 7.31. The van der Waals surface area contributed by atoms with Gasteiger partial charge in [0.15, 0.2) is 5.65 Å². The number of hydrogen-bond acceptors (Lipinski definition) is 5. The van der Waals surface area contributed by atoms with Gasteiger partial charge in [0.1, 0.15) is 10.8 Å². The highest BCUT2D eigenvalue weighted by Gasteiger charge is 2.13. The maximum absolute atomic E-state index is 12.3. The molecular weight excluding hydrogens is 354 g/mol. The average molecular weight is 372 g/mol. The fourth-order valence-electron chi connectivity index (χ4n) is 2.89. The topological polar surface area (TPSA) is 71.8 Å². The first-order chi connectivity index (χ1) is 12.7. The smallest absolute Gasteiger partial charge is 0.271 e. The molecular formula is C18H18ClN5O2. The summed E-state index contributed by atoms with van der Waals surface area (Å²) in [6.07, 6.45) is 1.57. The predicted octanol–water partition coefficient (Wildman–Crippen LogP) is 2.15. The quantitative estimate of drug-likeness (QED) is 0.760. The van der Waals surface area contributed by atoms with E-state index < -0.39 is 0 Å². The van der Waals surface area contributed by atoms with Crippen LogP contribution in [0.1, 0.15) is 16.1 Å². The number of rotatable bonds is 4. The summed E-state index contributed by atoms with van der Waals surface area (Å²) in [5.41, 5.74) is 3.09. The largest absolute Gasteiger partial charge is 0.378 e. The first-order valence-corrected chi connectivity index (χ1v) is 8.78. The zero-order valence-electron chi connectivity index (χ0n) is 14.1. The maximum Gasteiger partial charge on any atom is 0.271 e. The minimum atomic E-state index is -0.246. The molecule has 1 aliphatic rings. The second-order valence-corrected chi connectivity index (χ2v) is 6.42. The van der Waals surface area contributed by atoms with E-state index in [1.54, 1.807) is 18.3 Å². The minimum Gasteiger partial charge on any atom is -0.378 e. The van der Waals surface area contributed by atoms with Crippen molar-refractivity contribution in [2.45, 2.75) is 6.54 Å². The number of fused-ring (bicyclic) bond motifs is 1. The Morgan fingerprint density at radius 1 is 1.15 bits per heavy atom. The van der Waals surface area contributed by atoms with Crippen LogP contribution in [0.3, 0.4) is 0 Å². The van der Waals surface area contributed by atoms with Crippen LogP contribution in [0.25, 0.3) is 5.65 Å². The van der Waals surface area contributed by atoms with E-state index in [0.717, 1.165) is 31.9 Å². The Morgan fingerprint density at radius 2 is 1.92 bits per heavy atom. The monoisotopic (exact) mass is 371 g/mol. The normalized spacial score (nSPS) is 14.6. The van der Waals surface area contributed by atoms with Crippen molar-refractivity contribution in [3.63, 3.8) is 0 Å². The molecule has 0 aliphatic carbocycles. The Bertz CT molecular complexity index is 919. The van der Waals surface area contributed by atoms with Gasteiger partial charge < -0.3 is 15.0 Å². The molecule has 4 rings (SSSR count). The van der Waals surface area contributed by atoms with Crippen LogP contribution in [0, 0.1) is 0 Å². The van der Waals surface area contributed by atoms with Crippen molar-refractivity contribution in [1.29, 1.82) is 0 Å². The van der Waals surface area contributed by atoms with Crippen LogP contribution in [0.4, 0.5) is 5.69 Å². The second kappa shape index (κ2) is 7.31. The number of morpholine rings is 1. The second-order valence-electron chi connectivity index (χ2n) is 6.03. The molecule has 3 aromatic rings. The van der Waals surface area contributed by atoms with Gasteiger partial charge in [-0.25, -0.2) is 9.50 Å². The van der Waals surface area contributed by atoms with Crippen molar-refractivity contribution < 1.29 is 9.53 Å². The molecule has 1 amide bonds. The van der Waals surface area contributed by atoms with Crippen molar-refractivity contribution in [2.75, 3.05) is 31.2 Å². The molecule has 3 heterocycles. The zero-order valence-corrected chi connectivity index (χ0v) is 14.8. The number of halogens is 1. The van der Waals surface area contributed by atoms with Gasteiger partial charge >= 0.3 is 0 Å². The number of nitrogens with zero attached hydrogens (tertiary/aromatic N) is 4. The molecule has 2 aromatic heterocycles. The summed E-state index contributed by atoms with van der Waals surface area (Å²) in [6.45, 7) is 3.77. The van der Waals surface area contributed by atoms with Crippen LogP contribution >= 0.6 is 11.6 Å². The van der Waals surface area contributed by atoms with Crippen molar-refractivity contribution in [1.82, 2.24) is 19.9 Å². The standard InChI is InChI=1S/C18H18ClN5O2/c19-16-5-6-17-21-15(12-24(17)22-16)18(25)20-11-13-1-3-14(4-2-13)23-7-9-26-10-8-23/h1-6,12H,7-11H2,(H,20,25). The average Bonchev–Trinajstić information content (AvgIpc) is 3.10. The minimum absolute atomic E-state index is 0.246. The van der Waals surface area contributed by atoms with E-state index in [-0.39, 0.29) is 5.91 Å². The Hall–Kier alpha value is -2.64. The highest BCUT2D eigenvalue weighted by atomic mass is 35.5. The van der Waals surface area contributed by atoms with Crippen molar-refractivity contribution >= 4 is 28.8 Å². The Labute approximate surface area is 155 Å². The number of imidazole rings is 1. The molecule has 0 unspecified atom stereocenters. The van der Waals surface area contributed by atoms with E-state index >= 15 is 0 Å². The molecule has 1 aliphatic heterocycles. The van der Waals surface area contributed by atoms with E-state index in [1.807, 2.05) is 12.1 Å². The fraction of sp³-hybridized carbons (Fsp3) is 0.278. The number of benzene rings is 1. The van der Waals surface area contributed by atoms with Gasteiger partial charge in [0, 0.05) is 25.3 Å². The van der Waals surface area contributed by atoms with Gasteiger partial charge in [-0.15, -0.1) is 0 Å². The van der Waals surface area contributed by atoms with Crippen LogP contribution in [0.15, 0.2) is 42.6 Å². The number of nitrogens with one attached hydrogen (secondary N) is 1. The molecule has 1 N–H and O–H groups in total. The molecule has 0 atom stereocenters. The molecule has 134 valence electrons. The molecule has 1 saturated heterocycles. The lowest BCUT2D eigenvalue weighted by atomic mass is 10.2. The summed E-state index contributed by atoms with van der Waals surface area (Å²) in [5.74, 6) is -0.246. The number of hydrogen-bond donors (Lipinski definition) is 1. The number of ether oxygens (including phenoxy) is 1. The fourth-order valence-corrected chi connectivity index (χ4v) is 3.03. The van der Waals surface area contributed by atoms with E-state index in [0.29, 0.717) is 23.0 Å². The molecule has 0 radical (unpaired) electrons. The first-order valence-electron chi connectivity index (χ1n) is 8.41. The number of amides is 1.